The van der Waals surface area contributed by atoms with Gasteiger partial charge in [-0.1, -0.05) is 36.4 Å². The molecule has 0 bridgehead atoms. The van der Waals surface area contributed by atoms with Gasteiger partial charge in [-0.05, 0) is 23.8 Å². The Labute approximate surface area is 152 Å². The maximum atomic E-state index is 12.8. The molecule has 2 N–H and O–H groups in total. The van der Waals surface area contributed by atoms with E-state index >= 15 is 0 Å². The molecule has 2 atom stereocenters. The molecule has 0 aromatic heterocycles. The van der Waals surface area contributed by atoms with Gasteiger partial charge in [0.1, 0.15) is 0 Å². The van der Waals surface area contributed by atoms with Crippen molar-refractivity contribution >= 4 is 29.1 Å². The van der Waals surface area contributed by atoms with Crippen LogP contribution in [0.2, 0.25) is 0 Å². The zero-order chi connectivity index (χ0) is 18.7. The predicted octanol–water partition coefficient (Wildman–Crippen LogP) is 2.80. The molecule has 3 amide bonds. The van der Waals surface area contributed by atoms with Crippen LogP contribution in [0.3, 0.4) is 0 Å². The molecule has 134 valence electrons. The first-order valence-electron chi connectivity index (χ1n) is 8.45. The van der Waals surface area contributed by atoms with Crippen LogP contribution in [0, 0.1) is 5.92 Å². The van der Waals surface area contributed by atoms with Gasteiger partial charge in [0.05, 0.1) is 12.0 Å². The van der Waals surface area contributed by atoms with Crippen LogP contribution in [0.25, 0.3) is 0 Å². The van der Waals surface area contributed by atoms with Crippen molar-refractivity contribution in [3.63, 3.8) is 0 Å². The molecule has 2 aromatic rings. The fraction of sp³-hybridized carbons (Fsp3) is 0.250. The zero-order valence-corrected chi connectivity index (χ0v) is 14.7. The quantitative estimate of drug-likeness (QED) is 0.889. The fourth-order valence-electron chi connectivity index (χ4n) is 3.32. The highest BCUT2D eigenvalue weighted by atomic mass is 16.2. The number of hydrogen-bond donors (Lipinski definition) is 2. The highest BCUT2D eigenvalue weighted by Crippen LogP contribution is 2.37. The Hall–Kier alpha value is -3.15. The van der Waals surface area contributed by atoms with E-state index in [9.17, 15) is 14.4 Å². The Morgan fingerprint density at radius 2 is 1.65 bits per heavy atom. The van der Waals surface area contributed by atoms with E-state index in [1.54, 1.807) is 36.2 Å². The molecule has 0 saturated carbocycles. The minimum absolute atomic E-state index is 0.0500. The average Bonchev–Trinajstić information content (AvgIpc) is 2.91. The number of carbonyl (C=O) groups excluding carboxylic acids is 3. The molecule has 0 spiro atoms. The lowest BCUT2D eigenvalue weighted by Crippen LogP contribution is -2.30. The van der Waals surface area contributed by atoms with Crippen LogP contribution in [-0.4, -0.2) is 29.7 Å². The molecule has 6 heteroatoms. The summed E-state index contributed by atoms with van der Waals surface area (Å²) in [6.45, 7) is 1.43. The highest BCUT2D eigenvalue weighted by Gasteiger charge is 2.42. The molecule has 1 heterocycles. The number of hydrogen-bond acceptors (Lipinski definition) is 3. The third-order valence-electron chi connectivity index (χ3n) is 4.51. The Morgan fingerprint density at radius 1 is 1.00 bits per heavy atom. The summed E-state index contributed by atoms with van der Waals surface area (Å²) in [6, 6.07) is 16.2. The molecule has 6 nitrogen and oxygen atoms in total. The van der Waals surface area contributed by atoms with Crippen molar-refractivity contribution in [3.05, 3.63) is 60.2 Å². The van der Waals surface area contributed by atoms with Gasteiger partial charge in [-0.3, -0.25) is 14.4 Å². The van der Waals surface area contributed by atoms with Crippen LogP contribution in [0.4, 0.5) is 11.4 Å². The predicted molar refractivity (Wildman–Crippen MR) is 99.4 cm³/mol. The molecule has 3 rings (SSSR count). The first-order chi connectivity index (χ1) is 12.5. The second-order valence-corrected chi connectivity index (χ2v) is 6.42. The van der Waals surface area contributed by atoms with Crippen LogP contribution < -0.4 is 10.6 Å². The Kier molecular flexibility index (Phi) is 5.02. The second kappa shape index (κ2) is 7.39. The molecular weight excluding hydrogens is 330 g/mol. The Bertz CT molecular complexity index is 835. The molecule has 26 heavy (non-hydrogen) atoms. The summed E-state index contributed by atoms with van der Waals surface area (Å²) >= 11 is 0. The summed E-state index contributed by atoms with van der Waals surface area (Å²) in [7, 11) is 1.73. The molecule has 2 aromatic carbocycles. The number of carbonyl (C=O) groups is 3. The van der Waals surface area contributed by atoms with E-state index in [2.05, 4.69) is 10.6 Å². The van der Waals surface area contributed by atoms with Crippen LogP contribution in [0.1, 0.15) is 24.9 Å². The minimum Gasteiger partial charge on any atom is -0.338 e. The van der Waals surface area contributed by atoms with Gasteiger partial charge in [0, 0.05) is 31.8 Å². The maximum Gasteiger partial charge on any atom is 0.230 e. The highest BCUT2D eigenvalue weighted by molar-refractivity contribution is 5.98. The SMILES string of the molecule is CC(=O)Nc1cccc(NC(=O)[C@H]2CC(=O)N(C)[C@@H]2c2ccccc2)c1. The van der Waals surface area contributed by atoms with Crippen molar-refractivity contribution in [2.45, 2.75) is 19.4 Å². The van der Waals surface area contributed by atoms with Gasteiger partial charge in [-0.15, -0.1) is 0 Å². The van der Waals surface area contributed by atoms with E-state index in [4.69, 9.17) is 0 Å². The summed E-state index contributed by atoms with van der Waals surface area (Å²) in [5.74, 6) is -0.914. The van der Waals surface area contributed by atoms with Gasteiger partial charge in [0.2, 0.25) is 17.7 Å². The molecule has 1 saturated heterocycles. The number of nitrogens with one attached hydrogen (secondary N) is 2. The van der Waals surface area contributed by atoms with E-state index in [1.807, 2.05) is 30.3 Å². The number of likely N-dealkylation sites (tertiary alicyclic amines) is 1. The second-order valence-electron chi connectivity index (χ2n) is 6.42. The zero-order valence-electron chi connectivity index (χ0n) is 14.7. The molecular formula is C20H21N3O3. The molecule has 0 radical (unpaired) electrons. The van der Waals surface area contributed by atoms with Gasteiger partial charge in [0.25, 0.3) is 0 Å². The van der Waals surface area contributed by atoms with Crippen molar-refractivity contribution < 1.29 is 14.4 Å². The smallest absolute Gasteiger partial charge is 0.230 e. The van der Waals surface area contributed by atoms with E-state index in [-0.39, 0.29) is 30.2 Å². The lowest BCUT2D eigenvalue weighted by molar-refractivity contribution is -0.128. The van der Waals surface area contributed by atoms with E-state index < -0.39 is 5.92 Å². The third-order valence-corrected chi connectivity index (χ3v) is 4.51. The first kappa shape index (κ1) is 17.7. The maximum absolute atomic E-state index is 12.8. The van der Waals surface area contributed by atoms with Crippen LogP contribution in [-0.2, 0) is 14.4 Å². The third kappa shape index (κ3) is 3.74. The summed E-state index contributed by atoms with van der Waals surface area (Å²) in [5, 5.41) is 5.55. The van der Waals surface area contributed by atoms with Gasteiger partial charge >= 0.3 is 0 Å². The van der Waals surface area contributed by atoms with Crippen molar-refractivity contribution in [1.29, 1.82) is 0 Å². The van der Waals surface area contributed by atoms with Crippen molar-refractivity contribution in [3.8, 4) is 0 Å². The van der Waals surface area contributed by atoms with Crippen molar-refractivity contribution in [2.75, 3.05) is 17.7 Å². The van der Waals surface area contributed by atoms with E-state index in [0.29, 0.717) is 11.4 Å². The Morgan fingerprint density at radius 3 is 2.31 bits per heavy atom. The molecule has 0 unspecified atom stereocenters. The van der Waals surface area contributed by atoms with Crippen molar-refractivity contribution in [1.82, 2.24) is 4.90 Å². The lowest BCUT2D eigenvalue weighted by atomic mass is 9.93. The summed E-state index contributed by atoms with van der Waals surface area (Å²) in [4.78, 5) is 37.9. The summed E-state index contributed by atoms with van der Waals surface area (Å²) < 4.78 is 0. The summed E-state index contributed by atoms with van der Waals surface area (Å²) in [6.07, 6.45) is 0.174. The largest absolute Gasteiger partial charge is 0.338 e. The van der Waals surface area contributed by atoms with Gasteiger partial charge in [0.15, 0.2) is 0 Å². The van der Waals surface area contributed by atoms with Crippen molar-refractivity contribution in [2.24, 2.45) is 5.92 Å². The average molecular weight is 351 g/mol. The van der Waals surface area contributed by atoms with Gasteiger partial charge in [-0.25, -0.2) is 0 Å². The lowest BCUT2D eigenvalue weighted by Gasteiger charge is -2.25. The van der Waals surface area contributed by atoms with Crippen LogP contribution in [0.5, 0.6) is 0 Å². The normalized spacial score (nSPS) is 19.3. The topological polar surface area (TPSA) is 78.5 Å². The monoisotopic (exact) mass is 351 g/mol. The molecule has 1 fully saturated rings. The standard InChI is InChI=1S/C20H21N3O3/c1-13(24)21-15-9-6-10-16(11-15)22-20(26)17-12-18(25)23(2)19(17)14-7-4-3-5-8-14/h3-11,17,19H,12H2,1-2H3,(H,21,24)(H,22,26)/t17-,19+/m0/s1. The number of nitrogens with zero attached hydrogens (tertiary/aromatic N) is 1. The Balaban J connectivity index is 1.80. The van der Waals surface area contributed by atoms with Crippen LogP contribution >= 0.6 is 0 Å². The molecule has 1 aliphatic heterocycles. The molecule has 1 aliphatic rings. The first-order valence-corrected chi connectivity index (χ1v) is 8.45. The van der Waals surface area contributed by atoms with E-state index in [1.165, 1.54) is 6.92 Å². The summed E-state index contributed by atoms with van der Waals surface area (Å²) in [5.41, 5.74) is 2.12. The van der Waals surface area contributed by atoms with Gasteiger partial charge in [-0.2, -0.15) is 0 Å². The number of benzene rings is 2. The number of amides is 3. The van der Waals surface area contributed by atoms with Crippen LogP contribution in [0.15, 0.2) is 54.6 Å². The molecule has 0 aliphatic carbocycles. The number of anilines is 2. The van der Waals surface area contributed by atoms with Gasteiger partial charge < -0.3 is 15.5 Å². The minimum atomic E-state index is -0.473. The van der Waals surface area contributed by atoms with E-state index in [0.717, 1.165) is 5.56 Å². The number of rotatable bonds is 4. The fourth-order valence-corrected chi connectivity index (χ4v) is 3.32.